The molecule has 0 fully saturated rings. The molecule has 0 aromatic heterocycles. The maximum absolute atomic E-state index is 13.6. The van der Waals surface area contributed by atoms with Crippen LogP contribution in [-0.4, -0.2) is 26.1 Å². The number of benzene rings is 2. The molecule has 2 aromatic carbocycles. The zero-order valence-electron chi connectivity index (χ0n) is 14.0. The maximum atomic E-state index is 13.6. The molecule has 0 radical (unpaired) electrons. The van der Waals surface area contributed by atoms with Gasteiger partial charge in [0.1, 0.15) is 24.7 Å². The van der Waals surface area contributed by atoms with E-state index < -0.39 is 5.82 Å². The topological polar surface area (TPSA) is 42.8 Å². The lowest BCUT2D eigenvalue weighted by Crippen LogP contribution is -3.08. The van der Waals surface area contributed by atoms with Crippen LogP contribution in [0.2, 0.25) is 5.02 Å². The molecule has 0 aliphatic carbocycles. The molecule has 1 unspecified atom stereocenters. The van der Waals surface area contributed by atoms with Crippen LogP contribution in [-0.2, 0) is 11.3 Å². The van der Waals surface area contributed by atoms with Crippen LogP contribution in [0.15, 0.2) is 55.1 Å². The number of carbonyl (C=O) groups is 1. The minimum absolute atomic E-state index is 0.0917. The molecule has 0 spiro atoms. The number of amides is 1. The van der Waals surface area contributed by atoms with Gasteiger partial charge in [0.05, 0.1) is 12.7 Å². The quantitative estimate of drug-likeness (QED) is 0.708. The van der Waals surface area contributed by atoms with Gasteiger partial charge in [-0.3, -0.25) is 4.79 Å². The van der Waals surface area contributed by atoms with Gasteiger partial charge in [0.25, 0.3) is 5.91 Å². The predicted octanol–water partition coefficient (Wildman–Crippen LogP) is 2.70. The van der Waals surface area contributed by atoms with Gasteiger partial charge in [-0.05, 0) is 42.5 Å². The number of halogens is 2. The summed E-state index contributed by atoms with van der Waals surface area (Å²) in [6.07, 6.45) is 1.69. The van der Waals surface area contributed by atoms with Crippen molar-refractivity contribution in [3.05, 3.63) is 71.5 Å². The summed E-state index contributed by atoms with van der Waals surface area (Å²) in [5, 5.41) is 2.92. The minimum Gasteiger partial charge on any atom is -0.490 e. The highest BCUT2D eigenvalue weighted by molar-refractivity contribution is 6.30. The highest BCUT2D eigenvalue weighted by Gasteiger charge is 2.13. The Morgan fingerprint density at radius 1 is 1.32 bits per heavy atom. The van der Waals surface area contributed by atoms with E-state index in [-0.39, 0.29) is 18.1 Å². The van der Waals surface area contributed by atoms with E-state index in [1.807, 2.05) is 31.3 Å². The first-order valence-corrected chi connectivity index (χ1v) is 8.24. The molecule has 1 amide bonds. The number of carbonyl (C=O) groups excluding carboxylic acids is 1. The van der Waals surface area contributed by atoms with Crippen LogP contribution in [0, 0.1) is 5.82 Å². The van der Waals surface area contributed by atoms with Gasteiger partial charge in [-0.2, -0.15) is 0 Å². The number of hydrogen-bond donors (Lipinski definition) is 2. The van der Waals surface area contributed by atoms with Crippen LogP contribution >= 0.6 is 11.6 Å². The highest BCUT2D eigenvalue weighted by atomic mass is 35.5. The maximum Gasteiger partial charge on any atom is 0.279 e. The molecule has 0 saturated carbocycles. The lowest BCUT2D eigenvalue weighted by molar-refractivity contribution is -0.885. The van der Waals surface area contributed by atoms with E-state index in [0.29, 0.717) is 18.2 Å². The van der Waals surface area contributed by atoms with E-state index in [1.165, 1.54) is 18.2 Å². The fraction of sp³-hybridized carbons (Fsp3) is 0.211. The molecule has 25 heavy (non-hydrogen) atoms. The van der Waals surface area contributed by atoms with Crippen molar-refractivity contribution < 1.29 is 18.8 Å². The number of ether oxygens (including phenoxy) is 1. The molecule has 0 bridgehead atoms. The van der Waals surface area contributed by atoms with E-state index in [2.05, 4.69) is 11.9 Å². The second-order valence-corrected chi connectivity index (χ2v) is 6.16. The molecule has 0 saturated heterocycles. The molecule has 132 valence electrons. The second-order valence-electron chi connectivity index (χ2n) is 5.73. The Hall–Kier alpha value is -2.37. The SMILES string of the molecule is C=CCOc1ccc(C[NH+](C)CC(=O)Nc2cc(Cl)ccc2F)cc1. The van der Waals surface area contributed by atoms with Crippen molar-refractivity contribution in [2.75, 3.05) is 25.5 Å². The molecule has 2 N–H and O–H groups in total. The normalized spacial score (nSPS) is 11.6. The molecule has 2 aromatic rings. The van der Waals surface area contributed by atoms with Gasteiger partial charge in [-0.1, -0.05) is 24.3 Å². The van der Waals surface area contributed by atoms with Crippen LogP contribution in [0.5, 0.6) is 5.75 Å². The Morgan fingerprint density at radius 2 is 2.04 bits per heavy atom. The van der Waals surface area contributed by atoms with Gasteiger partial charge in [0.2, 0.25) is 0 Å². The summed E-state index contributed by atoms with van der Waals surface area (Å²) in [6, 6.07) is 11.7. The Labute approximate surface area is 151 Å². The van der Waals surface area contributed by atoms with Crippen molar-refractivity contribution in [2.24, 2.45) is 0 Å². The summed E-state index contributed by atoms with van der Waals surface area (Å²) in [5.74, 6) is -0.00871. The summed E-state index contributed by atoms with van der Waals surface area (Å²) in [6.45, 7) is 4.94. The van der Waals surface area contributed by atoms with Crippen LogP contribution in [0.3, 0.4) is 0 Å². The van der Waals surface area contributed by atoms with E-state index in [0.717, 1.165) is 16.2 Å². The van der Waals surface area contributed by atoms with Crippen molar-refractivity contribution in [1.82, 2.24) is 0 Å². The van der Waals surface area contributed by atoms with Crippen LogP contribution in [0.1, 0.15) is 5.56 Å². The molecule has 0 aliphatic rings. The molecule has 1 atom stereocenters. The molecule has 2 rings (SSSR count). The average molecular weight is 364 g/mol. The van der Waals surface area contributed by atoms with E-state index in [4.69, 9.17) is 16.3 Å². The number of quaternary nitrogens is 1. The van der Waals surface area contributed by atoms with Crippen molar-refractivity contribution in [3.63, 3.8) is 0 Å². The van der Waals surface area contributed by atoms with Gasteiger partial charge < -0.3 is 15.0 Å². The van der Waals surface area contributed by atoms with Gasteiger partial charge in [0, 0.05) is 10.6 Å². The van der Waals surface area contributed by atoms with Crippen molar-refractivity contribution in [2.45, 2.75) is 6.54 Å². The fourth-order valence-corrected chi connectivity index (χ4v) is 2.50. The largest absolute Gasteiger partial charge is 0.490 e. The summed E-state index contributed by atoms with van der Waals surface area (Å²) in [7, 11) is 1.90. The number of anilines is 1. The third kappa shape index (κ3) is 6.21. The molecule has 6 heteroatoms. The Bertz CT molecular complexity index is 735. The molecular formula is C19H21ClFN2O2+. The Kier molecular flexibility index (Phi) is 6.98. The number of likely N-dealkylation sites (N-methyl/N-ethyl adjacent to an activating group) is 1. The zero-order valence-corrected chi connectivity index (χ0v) is 14.8. The van der Waals surface area contributed by atoms with Crippen LogP contribution in [0.25, 0.3) is 0 Å². The number of rotatable bonds is 8. The Balaban J connectivity index is 1.86. The lowest BCUT2D eigenvalue weighted by Gasteiger charge is -2.14. The molecular weight excluding hydrogens is 343 g/mol. The minimum atomic E-state index is -0.509. The number of nitrogens with one attached hydrogen (secondary N) is 2. The van der Waals surface area contributed by atoms with E-state index in [1.54, 1.807) is 6.08 Å². The first-order chi connectivity index (χ1) is 12.0. The van der Waals surface area contributed by atoms with Crippen molar-refractivity contribution >= 4 is 23.2 Å². The third-order valence-electron chi connectivity index (χ3n) is 3.46. The molecule has 0 aliphatic heterocycles. The smallest absolute Gasteiger partial charge is 0.279 e. The molecule has 4 nitrogen and oxygen atoms in total. The summed E-state index contributed by atoms with van der Waals surface area (Å²) >= 11 is 5.82. The lowest BCUT2D eigenvalue weighted by atomic mass is 10.2. The Morgan fingerprint density at radius 3 is 2.72 bits per heavy atom. The first-order valence-electron chi connectivity index (χ1n) is 7.86. The fourth-order valence-electron chi connectivity index (χ4n) is 2.33. The standard InChI is InChI=1S/C19H20ClFN2O2/c1-3-10-25-16-7-4-14(5-8-16)12-23(2)13-19(24)22-18-11-15(20)6-9-17(18)21/h3-9,11H,1,10,12-13H2,2H3,(H,22,24)/p+1. The zero-order chi connectivity index (χ0) is 18.2. The summed E-state index contributed by atoms with van der Waals surface area (Å²) in [5.41, 5.74) is 1.17. The van der Waals surface area contributed by atoms with E-state index in [9.17, 15) is 9.18 Å². The summed E-state index contributed by atoms with van der Waals surface area (Å²) < 4.78 is 19.1. The number of hydrogen-bond acceptors (Lipinski definition) is 2. The van der Waals surface area contributed by atoms with E-state index >= 15 is 0 Å². The predicted molar refractivity (Wildman–Crippen MR) is 97.6 cm³/mol. The van der Waals surface area contributed by atoms with Gasteiger partial charge in [0.15, 0.2) is 6.54 Å². The van der Waals surface area contributed by atoms with Crippen LogP contribution in [0.4, 0.5) is 10.1 Å². The van der Waals surface area contributed by atoms with Gasteiger partial charge >= 0.3 is 0 Å². The van der Waals surface area contributed by atoms with Gasteiger partial charge in [-0.15, -0.1) is 0 Å². The van der Waals surface area contributed by atoms with Crippen molar-refractivity contribution in [1.29, 1.82) is 0 Å². The second kappa shape index (κ2) is 9.20. The van der Waals surface area contributed by atoms with Gasteiger partial charge in [-0.25, -0.2) is 4.39 Å². The monoisotopic (exact) mass is 363 g/mol. The third-order valence-corrected chi connectivity index (χ3v) is 3.70. The average Bonchev–Trinajstić information content (AvgIpc) is 2.57. The van der Waals surface area contributed by atoms with Crippen molar-refractivity contribution in [3.8, 4) is 5.75 Å². The highest BCUT2D eigenvalue weighted by Crippen LogP contribution is 2.19. The first kappa shape index (κ1) is 19.0. The molecule has 0 heterocycles. The summed E-state index contributed by atoms with van der Waals surface area (Å²) in [4.78, 5) is 13.0. The van der Waals surface area contributed by atoms with Crippen LogP contribution < -0.4 is 15.0 Å².